The van der Waals surface area contributed by atoms with Crippen molar-refractivity contribution in [2.75, 3.05) is 43.1 Å². The van der Waals surface area contributed by atoms with Gasteiger partial charge in [-0.2, -0.15) is 0 Å². The number of amides is 1. The molecule has 10 heteroatoms. The number of nitro benzene ring substituents is 1. The van der Waals surface area contributed by atoms with E-state index in [0.29, 0.717) is 37.6 Å². The molecule has 152 valence electrons. The Bertz CT molecular complexity index is 915. The van der Waals surface area contributed by atoms with Crippen molar-refractivity contribution < 1.29 is 23.7 Å². The van der Waals surface area contributed by atoms with Gasteiger partial charge in [0.1, 0.15) is 11.5 Å². The van der Waals surface area contributed by atoms with Crippen LogP contribution < -0.4 is 10.2 Å². The molecule has 0 aromatic heterocycles. The molecule has 0 atom stereocenters. The maximum atomic E-state index is 13.5. The van der Waals surface area contributed by atoms with E-state index < -0.39 is 23.3 Å². The van der Waals surface area contributed by atoms with Gasteiger partial charge in [-0.3, -0.25) is 14.9 Å². The molecule has 0 bridgehead atoms. The second-order valence-electron chi connectivity index (χ2n) is 6.14. The van der Waals surface area contributed by atoms with E-state index >= 15 is 0 Å². The van der Waals surface area contributed by atoms with Crippen molar-refractivity contribution in [2.24, 2.45) is 5.16 Å². The third kappa shape index (κ3) is 5.48. The fraction of sp³-hybridized carbons (Fsp3) is 0.263. The second kappa shape index (κ2) is 9.60. The summed E-state index contributed by atoms with van der Waals surface area (Å²) >= 11 is 0. The van der Waals surface area contributed by atoms with Crippen LogP contribution in [0.3, 0.4) is 0 Å². The van der Waals surface area contributed by atoms with Gasteiger partial charge in [0.15, 0.2) is 6.61 Å². The number of nitrogens with one attached hydrogen (secondary N) is 1. The number of benzene rings is 2. The quantitative estimate of drug-likeness (QED) is 0.433. The van der Waals surface area contributed by atoms with Crippen LogP contribution in [-0.2, 0) is 14.4 Å². The van der Waals surface area contributed by atoms with Crippen LogP contribution in [0.2, 0.25) is 0 Å². The van der Waals surface area contributed by atoms with Crippen molar-refractivity contribution in [3.63, 3.8) is 0 Å². The molecule has 1 heterocycles. The summed E-state index contributed by atoms with van der Waals surface area (Å²) in [5, 5.41) is 17.4. The summed E-state index contributed by atoms with van der Waals surface area (Å²) in [4.78, 5) is 29.5. The number of oxime groups is 1. The zero-order chi connectivity index (χ0) is 20.6. The fourth-order valence-electron chi connectivity index (χ4n) is 2.78. The van der Waals surface area contributed by atoms with Crippen molar-refractivity contribution >= 4 is 29.2 Å². The molecule has 0 spiro atoms. The smallest absolute Gasteiger partial charge is 0.293 e. The molecule has 1 aliphatic heterocycles. The Labute approximate surface area is 165 Å². The first-order chi connectivity index (χ1) is 14.0. The maximum Gasteiger partial charge on any atom is 0.293 e. The normalized spacial score (nSPS) is 14.0. The van der Waals surface area contributed by atoms with E-state index in [1.54, 1.807) is 18.2 Å². The molecule has 1 amide bonds. The highest BCUT2D eigenvalue weighted by molar-refractivity contribution is 5.91. The summed E-state index contributed by atoms with van der Waals surface area (Å²) in [6.07, 6.45) is 1.27. The minimum Gasteiger partial charge on any atom is -0.386 e. The molecule has 0 unspecified atom stereocenters. The highest BCUT2D eigenvalue weighted by Gasteiger charge is 2.21. The Morgan fingerprint density at radius 1 is 1.31 bits per heavy atom. The standard InChI is InChI=1S/C19H19FN4O5/c20-15-3-1-2-4-16(15)22-19(25)13-29-21-12-14-5-6-17(18(11-14)24(26)27)23-7-9-28-10-8-23/h1-6,11-12H,7-10,13H2,(H,22,25)/b21-12-. The molecule has 1 N–H and O–H groups in total. The Hall–Kier alpha value is -3.53. The van der Waals surface area contributed by atoms with Gasteiger partial charge in [-0.25, -0.2) is 4.39 Å². The minimum atomic E-state index is -0.583. The van der Waals surface area contributed by atoms with Crippen molar-refractivity contribution in [3.05, 3.63) is 64.0 Å². The third-order valence-corrected chi connectivity index (χ3v) is 4.17. The monoisotopic (exact) mass is 402 g/mol. The molecule has 1 saturated heterocycles. The summed E-state index contributed by atoms with van der Waals surface area (Å²) in [6, 6.07) is 10.4. The molecule has 2 aromatic carbocycles. The number of hydrogen-bond donors (Lipinski definition) is 1. The number of ether oxygens (including phenoxy) is 1. The van der Waals surface area contributed by atoms with Gasteiger partial charge in [0.25, 0.3) is 11.6 Å². The zero-order valence-corrected chi connectivity index (χ0v) is 15.4. The van der Waals surface area contributed by atoms with E-state index in [2.05, 4.69) is 10.5 Å². The molecule has 29 heavy (non-hydrogen) atoms. The lowest BCUT2D eigenvalue weighted by atomic mass is 10.1. The Morgan fingerprint density at radius 2 is 2.07 bits per heavy atom. The van der Waals surface area contributed by atoms with Gasteiger partial charge in [-0.15, -0.1) is 0 Å². The van der Waals surface area contributed by atoms with Crippen molar-refractivity contribution in [1.29, 1.82) is 0 Å². The Balaban J connectivity index is 1.58. The lowest BCUT2D eigenvalue weighted by Crippen LogP contribution is -2.36. The van der Waals surface area contributed by atoms with Gasteiger partial charge in [-0.1, -0.05) is 23.4 Å². The number of morpholine rings is 1. The Morgan fingerprint density at radius 3 is 2.79 bits per heavy atom. The van der Waals surface area contributed by atoms with Crippen LogP contribution in [0.4, 0.5) is 21.5 Å². The van der Waals surface area contributed by atoms with Crippen LogP contribution in [0.25, 0.3) is 0 Å². The van der Waals surface area contributed by atoms with E-state index in [0.717, 1.165) is 0 Å². The molecule has 0 aliphatic carbocycles. The summed E-state index contributed by atoms with van der Waals surface area (Å²) < 4.78 is 18.8. The molecule has 0 saturated carbocycles. The van der Waals surface area contributed by atoms with E-state index in [9.17, 15) is 19.3 Å². The Kier molecular flexibility index (Phi) is 6.69. The molecule has 1 aliphatic rings. The van der Waals surface area contributed by atoms with Crippen LogP contribution in [0.1, 0.15) is 5.56 Å². The summed E-state index contributed by atoms with van der Waals surface area (Å²) in [5.41, 5.74) is 0.955. The number of carbonyl (C=O) groups is 1. The third-order valence-electron chi connectivity index (χ3n) is 4.17. The number of nitrogens with zero attached hydrogens (tertiary/aromatic N) is 3. The predicted molar refractivity (Wildman–Crippen MR) is 105 cm³/mol. The van der Waals surface area contributed by atoms with E-state index in [1.807, 2.05) is 4.90 Å². The van der Waals surface area contributed by atoms with Gasteiger partial charge in [0.2, 0.25) is 0 Å². The fourth-order valence-corrected chi connectivity index (χ4v) is 2.78. The second-order valence-corrected chi connectivity index (χ2v) is 6.14. The van der Waals surface area contributed by atoms with Gasteiger partial charge in [-0.05, 0) is 18.2 Å². The first kappa shape index (κ1) is 20.2. The first-order valence-corrected chi connectivity index (χ1v) is 8.85. The average molecular weight is 402 g/mol. The highest BCUT2D eigenvalue weighted by atomic mass is 19.1. The first-order valence-electron chi connectivity index (χ1n) is 8.85. The lowest BCUT2D eigenvalue weighted by molar-refractivity contribution is -0.384. The van der Waals surface area contributed by atoms with Crippen molar-refractivity contribution in [2.45, 2.75) is 0 Å². The topological polar surface area (TPSA) is 106 Å². The molecular weight excluding hydrogens is 383 g/mol. The van der Waals surface area contributed by atoms with Gasteiger partial charge >= 0.3 is 0 Å². The number of rotatable bonds is 7. The van der Waals surface area contributed by atoms with Crippen molar-refractivity contribution in [1.82, 2.24) is 0 Å². The van der Waals surface area contributed by atoms with E-state index in [4.69, 9.17) is 9.57 Å². The summed E-state index contributed by atoms with van der Waals surface area (Å²) in [6.45, 7) is 1.76. The number of para-hydroxylation sites is 1. The molecule has 1 fully saturated rings. The van der Waals surface area contributed by atoms with Crippen LogP contribution in [0.5, 0.6) is 0 Å². The zero-order valence-electron chi connectivity index (χ0n) is 15.4. The highest BCUT2D eigenvalue weighted by Crippen LogP contribution is 2.29. The maximum absolute atomic E-state index is 13.5. The molecule has 2 aromatic rings. The number of halogens is 1. The number of carbonyl (C=O) groups excluding carboxylic acids is 1. The number of anilines is 2. The minimum absolute atomic E-state index is 0.0411. The van der Waals surface area contributed by atoms with Crippen LogP contribution in [0, 0.1) is 15.9 Å². The van der Waals surface area contributed by atoms with Gasteiger partial charge in [0.05, 0.1) is 30.0 Å². The SMILES string of the molecule is O=C(CO/N=C\c1ccc(N2CCOCC2)c([N+](=O)[O-])c1)Nc1ccccc1F. The van der Waals surface area contributed by atoms with E-state index in [1.165, 1.54) is 30.5 Å². The molecule has 3 rings (SSSR count). The summed E-state index contributed by atoms with van der Waals surface area (Å²) in [7, 11) is 0. The lowest BCUT2D eigenvalue weighted by Gasteiger charge is -2.28. The van der Waals surface area contributed by atoms with E-state index in [-0.39, 0.29) is 11.4 Å². The number of hydrogen-bond acceptors (Lipinski definition) is 7. The van der Waals surface area contributed by atoms with Crippen LogP contribution in [0.15, 0.2) is 47.6 Å². The molecular formula is C19H19FN4O5. The average Bonchev–Trinajstić information content (AvgIpc) is 2.73. The molecule has 0 radical (unpaired) electrons. The number of nitro groups is 1. The van der Waals surface area contributed by atoms with Crippen molar-refractivity contribution in [3.8, 4) is 0 Å². The van der Waals surface area contributed by atoms with Crippen LogP contribution >= 0.6 is 0 Å². The largest absolute Gasteiger partial charge is 0.386 e. The predicted octanol–water partition coefficient (Wildman–Crippen LogP) is 2.56. The van der Waals surface area contributed by atoms with Crippen LogP contribution in [-0.4, -0.2) is 50.0 Å². The van der Waals surface area contributed by atoms with Gasteiger partial charge < -0.3 is 19.8 Å². The molecule has 9 nitrogen and oxygen atoms in total. The summed E-state index contributed by atoms with van der Waals surface area (Å²) in [5.74, 6) is -1.14. The van der Waals surface area contributed by atoms with Gasteiger partial charge in [0, 0.05) is 24.7 Å².